The molecule has 0 fully saturated rings. The highest BCUT2D eigenvalue weighted by atomic mass is 35.5. The predicted molar refractivity (Wildman–Crippen MR) is 57.8 cm³/mol. The van der Waals surface area contributed by atoms with Gasteiger partial charge in [0.2, 0.25) is 0 Å². The molecule has 0 aliphatic rings. The number of aromatic nitrogens is 2. The Labute approximate surface area is 97.2 Å². The minimum absolute atomic E-state index is 0.0175. The van der Waals surface area contributed by atoms with E-state index in [1.807, 2.05) is 0 Å². The van der Waals surface area contributed by atoms with Crippen molar-refractivity contribution in [3.63, 3.8) is 0 Å². The highest BCUT2D eigenvalue weighted by Gasteiger charge is 2.19. The standard InChI is InChI=1S/C9H7Cl2N3O/c1-3-4-14(2)9(15)6-7(10)12-5-13-8(6)11/h1,5H,4H2,2H3. The van der Waals surface area contributed by atoms with E-state index in [1.54, 1.807) is 7.05 Å². The summed E-state index contributed by atoms with van der Waals surface area (Å²) in [5.74, 6) is 1.94. The molecule has 1 aromatic heterocycles. The van der Waals surface area contributed by atoms with Crippen LogP contribution in [0.2, 0.25) is 10.3 Å². The van der Waals surface area contributed by atoms with Crippen LogP contribution < -0.4 is 0 Å². The lowest BCUT2D eigenvalue weighted by Gasteiger charge is -2.14. The molecule has 78 valence electrons. The Balaban J connectivity index is 3.07. The summed E-state index contributed by atoms with van der Waals surface area (Å²) >= 11 is 11.5. The van der Waals surface area contributed by atoms with Crippen LogP contribution in [0.25, 0.3) is 0 Å². The van der Waals surface area contributed by atoms with Gasteiger partial charge in [-0.05, 0) is 0 Å². The number of amides is 1. The van der Waals surface area contributed by atoms with Crippen LogP contribution in [0.3, 0.4) is 0 Å². The number of halogens is 2. The minimum Gasteiger partial charge on any atom is -0.330 e. The summed E-state index contributed by atoms with van der Waals surface area (Å²) in [6, 6.07) is 0. The highest BCUT2D eigenvalue weighted by Crippen LogP contribution is 2.20. The largest absolute Gasteiger partial charge is 0.330 e. The number of terminal acetylenes is 1. The van der Waals surface area contributed by atoms with E-state index in [2.05, 4.69) is 15.9 Å². The fraction of sp³-hybridized carbons (Fsp3) is 0.222. The quantitative estimate of drug-likeness (QED) is 0.584. The lowest BCUT2D eigenvalue weighted by molar-refractivity contribution is 0.0812. The van der Waals surface area contributed by atoms with E-state index < -0.39 is 5.91 Å². The van der Waals surface area contributed by atoms with Crippen molar-refractivity contribution in [2.24, 2.45) is 0 Å². The van der Waals surface area contributed by atoms with Gasteiger partial charge in [-0.25, -0.2) is 9.97 Å². The van der Waals surface area contributed by atoms with Gasteiger partial charge in [-0.1, -0.05) is 29.1 Å². The third-order valence-corrected chi connectivity index (χ3v) is 2.22. The Morgan fingerprint density at radius 2 is 2.07 bits per heavy atom. The summed E-state index contributed by atoms with van der Waals surface area (Å²) in [5, 5.41) is 0.0349. The zero-order valence-electron chi connectivity index (χ0n) is 7.87. The summed E-state index contributed by atoms with van der Waals surface area (Å²) in [4.78, 5) is 20.4. The molecule has 6 heteroatoms. The van der Waals surface area contributed by atoms with Gasteiger partial charge in [0.15, 0.2) is 0 Å². The molecular weight excluding hydrogens is 237 g/mol. The molecule has 0 N–H and O–H groups in total. The van der Waals surface area contributed by atoms with Gasteiger partial charge in [-0.3, -0.25) is 4.79 Å². The highest BCUT2D eigenvalue weighted by molar-refractivity contribution is 6.38. The molecule has 1 heterocycles. The van der Waals surface area contributed by atoms with Crippen molar-refractivity contribution in [3.8, 4) is 12.3 Å². The van der Waals surface area contributed by atoms with E-state index in [9.17, 15) is 4.79 Å². The maximum atomic E-state index is 11.8. The van der Waals surface area contributed by atoms with Crippen LogP contribution in [-0.4, -0.2) is 34.4 Å². The maximum Gasteiger partial charge on any atom is 0.260 e. The molecule has 0 saturated heterocycles. The van der Waals surface area contributed by atoms with Crippen molar-refractivity contribution in [3.05, 3.63) is 22.2 Å². The van der Waals surface area contributed by atoms with Crippen molar-refractivity contribution in [2.75, 3.05) is 13.6 Å². The predicted octanol–water partition coefficient (Wildman–Crippen LogP) is 1.49. The summed E-state index contributed by atoms with van der Waals surface area (Å²) in [7, 11) is 1.54. The average Bonchev–Trinajstić information content (AvgIpc) is 2.17. The van der Waals surface area contributed by atoms with Crippen LogP contribution in [0.1, 0.15) is 10.4 Å². The van der Waals surface area contributed by atoms with Crippen molar-refractivity contribution >= 4 is 29.1 Å². The van der Waals surface area contributed by atoms with E-state index in [1.165, 1.54) is 11.2 Å². The Bertz CT molecular complexity index is 408. The van der Waals surface area contributed by atoms with E-state index in [0.29, 0.717) is 0 Å². The first-order valence-electron chi connectivity index (χ1n) is 3.92. The fourth-order valence-corrected chi connectivity index (χ4v) is 1.40. The first-order valence-corrected chi connectivity index (χ1v) is 4.68. The normalized spacial score (nSPS) is 9.47. The van der Waals surface area contributed by atoms with Gasteiger partial charge < -0.3 is 4.90 Å². The third kappa shape index (κ3) is 2.58. The molecule has 1 aromatic rings. The van der Waals surface area contributed by atoms with E-state index in [-0.39, 0.29) is 22.4 Å². The van der Waals surface area contributed by atoms with Crippen LogP contribution in [0.15, 0.2) is 6.33 Å². The van der Waals surface area contributed by atoms with Crippen molar-refractivity contribution in [1.82, 2.24) is 14.9 Å². The first-order chi connectivity index (χ1) is 7.07. The zero-order chi connectivity index (χ0) is 11.4. The molecule has 0 saturated carbocycles. The van der Waals surface area contributed by atoms with Gasteiger partial charge in [0.25, 0.3) is 5.91 Å². The van der Waals surface area contributed by atoms with Gasteiger partial charge in [0.05, 0.1) is 6.54 Å². The van der Waals surface area contributed by atoms with Crippen molar-refractivity contribution < 1.29 is 4.79 Å². The number of hydrogen-bond acceptors (Lipinski definition) is 3. The Hall–Kier alpha value is -1.31. The Morgan fingerprint density at radius 1 is 1.53 bits per heavy atom. The lowest BCUT2D eigenvalue weighted by atomic mass is 10.3. The van der Waals surface area contributed by atoms with Crippen molar-refractivity contribution in [2.45, 2.75) is 0 Å². The molecule has 0 atom stereocenters. The second-order valence-corrected chi connectivity index (χ2v) is 3.41. The summed E-state index contributed by atoms with van der Waals surface area (Å²) in [5.41, 5.74) is 0.0681. The van der Waals surface area contributed by atoms with Gasteiger partial charge in [-0.2, -0.15) is 0 Å². The third-order valence-electron chi connectivity index (χ3n) is 1.64. The molecular formula is C9H7Cl2N3O. The monoisotopic (exact) mass is 243 g/mol. The second-order valence-electron chi connectivity index (χ2n) is 2.70. The van der Waals surface area contributed by atoms with Gasteiger partial charge >= 0.3 is 0 Å². The molecule has 4 nitrogen and oxygen atoms in total. The van der Waals surface area contributed by atoms with Crippen LogP contribution in [0.4, 0.5) is 0 Å². The van der Waals surface area contributed by atoms with Crippen molar-refractivity contribution in [1.29, 1.82) is 0 Å². The molecule has 0 spiro atoms. The van der Waals surface area contributed by atoms with E-state index in [4.69, 9.17) is 29.6 Å². The molecule has 15 heavy (non-hydrogen) atoms. The maximum absolute atomic E-state index is 11.8. The average molecular weight is 244 g/mol. The topological polar surface area (TPSA) is 46.1 Å². The molecule has 0 aliphatic heterocycles. The molecule has 1 amide bonds. The second kappa shape index (κ2) is 4.96. The Kier molecular flexibility index (Phi) is 3.89. The van der Waals surface area contributed by atoms with Crippen LogP contribution in [0, 0.1) is 12.3 Å². The van der Waals surface area contributed by atoms with Gasteiger partial charge in [-0.15, -0.1) is 6.42 Å². The van der Waals surface area contributed by atoms with E-state index in [0.717, 1.165) is 0 Å². The van der Waals surface area contributed by atoms with Crippen LogP contribution in [0.5, 0.6) is 0 Å². The fourth-order valence-electron chi connectivity index (χ4n) is 0.921. The number of carbonyl (C=O) groups is 1. The number of hydrogen-bond donors (Lipinski definition) is 0. The SMILES string of the molecule is C#CCN(C)C(=O)c1c(Cl)ncnc1Cl. The zero-order valence-corrected chi connectivity index (χ0v) is 9.38. The summed E-state index contributed by atoms with van der Waals surface area (Å²) < 4.78 is 0. The number of nitrogens with zero attached hydrogens (tertiary/aromatic N) is 3. The molecule has 0 bridgehead atoms. The Morgan fingerprint density at radius 3 is 2.53 bits per heavy atom. The molecule has 0 radical (unpaired) electrons. The number of carbonyl (C=O) groups excluding carboxylic acids is 1. The molecule has 1 rings (SSSR count). The molecule has 0 aromatic carbocycles. The summed E-state index contributed by atoms with van der Waals surface area (Å²) in [6.45, 7) is 0.167. The molecule has 0 unspecified atom stereocenters. The number of rotatable bonds is 2. The van der Waals surface area contributed by atoms with E-state index >= 15 is 0 Å². The smallest absolute Gasteiger partial charge is 0.260 e. The van der Waals surface area contributed by atoms with Crippen LogP contribution >= 0.6 is 23.2 Å². The van der Waals surface area contributed by atoms with Gasteiger partial charge in [0.1, 0.15) is 22.2 Å². The first kappa shape index (κ1) is 11.8. The van der Waals surface area contributed by atoms with Crippen LogP contribution in [-0.2, 0) is 0 Å². The molecule has 0 aliphatic carbocycles. The summed E-state index contributed by atoms with van der Waals surface area (Å²) in [6.07, 6.45) is 6.26. The lowest BCUT2D eigenvalue weighted by Crippen LogP contribution is -2.27. The van der Waals surface area contributed by atoms with Gasteiger partial charge in [0, 0.05) is 7.05 Å². The minimum atomic E-state index is -0.399.